The highest BCUT2D eigenvalue weighted by atomic mass is 16.7. The fraction of sp³-hybridized carbons (Fsp3) is 0.912. The van der Waals surface area contributed by atoms with Gasteiger partial charge in [-0.25, -0.2) is 0 Å². The zero-order valence-electron chi connectivity index (χ0n) is 27.2. The Morgan fingerprint density at radius 3 is 1.81 bits per heavy atom. The molecule has 9 heteroatoms. The Bertz CT molecular complexity index is 691. The number of amides is 1. The molecule has 0 bridgehead atoms. The lowest BCUT2D eigenvalue weighted by Gasteiger charge is -2.40. The molecule has 2 unspecified atom stereocenters. The maximum Gasteiger partial charge on any atom is 0.220 e. The Kier molecular flexibility index (Phi) is 24.3. The van der Waals surface area contributed by atoms with Crippen LogP contribution in [-0.4, -0.2) is 87.5 Å². The normalized spacial score (nSPS) is 23.9. The maximum absolute atomic E-state index is 12.7. The summed E-state index contributed by atoms with van der Waals surface area (Å²) in [6, 6.07) is -0.794. The topological polar surface area (TPSA) is 149 Å². The monoisotopic (exact) mass is 615 g/mol. The highest BCUT2D eigenvalue weighted by molar-refractivity contribution is 5.76. The molecular weight excluding hydrogens is 550 g/mol. The summed E-state index contributed by atoms with van der Waals surface area (Å²) in [5, 5.41) is 53.6. The number of carbonyl (C=O) groups is 1. The number of hydrogen-bond acceptors (Lipinski definition) is 8. The zero-order chi connectivity index (χ0) is 31.7. The quantitative estimate of drug-likeness (QED) is 0.0556. The molecular formula is C34H65NO8. The van der Waals surface area contributed by atoms with Crippen LogP contribution in [0.25, 0.3) is 0 Å². The van der Waals surface area contributed by atoms with Crippen LogP contribution >= 0.6 is 0 Å². The number of carbonyl (C=O) groups excluding carboxylic acids is 1. The van der Waals surface area contributed by atoms with Crippen molar-refractivity contribution in [2.24, 2.45) is 0 Å². The molecule has 0 aromatic heterocycles. The van der Waals surface area contributed by atoms with E-state index in [1.54, 1.807) is 6.08 Å². The Morgan fingerprint density at radius 2 is 1.28 bits per heavy atom. The van der Waals surface area contributed by atoms with E-state index in [-0.39, 0.29) is 12.5 Å². The van der Waals surface area contributed by atoms with Gasteiger partial charge in [0.15, 0.2) is 6.29 Å². The lowest BCUT2D eigenvalue weighted by atomic mass is 9.99. The maximum atomic E-state index is 12.7. The Balaban J connectivity index is 2.53. The number of hydrogen-bond donors (Lipinski definition) is 6. The summed E-state index contributed by atoms with van der Waals surface area (Å²) < 4.78 is 11.1. The van der Waals surface area contributed by atoms with Crippen LogP contribution in [-0.2, 0) is 14.3 Å². The fourth-order valence-corrected chi connectivity index (χ4v) is 5.45. The minimum atomic E-state index is -1.56. The number of unbranched alkanes of at least 4 members (excludes halogenated alkanes) is 17. The van der Waals surface area contributed by atoms with Gasteiger partial charge in [-0.05, 0) is 19.3 Å². The van der Waals surface area contributed by atoms with Crippen molar-refractivity contribution in [1.29, 1.82) is 0 Å². The van der Waals surface area contributed by atoms with Crippen LogP contribution in [0.4, 0.5) is 0 Å². The predicted molar refractivity (Wildman–Crippen MR) is 170 cm³/mol. The van der Waals surface area contributed by atoms with Gasteiger partial charge >= 0.3 is 0 Å². The van der Waals surface area contributed by atoms with Crippen LogP contribution in [0.1, 0.15) is 142 Å². The molecule has 9 nitrogen and oxygen atoms in total. The van der Waals surface area contributed by atoms with Crippen molar-refractivity contribution in [3.63, 3.8) is 0 Å². The van der Waals surface area contributed by atoms with E-state index in [9.17, 15) is 30.3 Å². The van der Waals surface area contributed by atoms with E-state index in [1.807, 2.05) is 6.08 Å². The molecule has 1 aliphatic rings. The highest BCUT2D eigenvalue weighted by Crippen LogP contribution is 2.22. The summed E-state index contributed by atoms with van der Waals surface area (Å²) in [6.07, 6.45) is 18.3. The third-order valence-electron chi connectivity index (χ3n) is 8.36. The van der Waals surface area contributed by atoms with Crippen molar-refractivity contribution < 1.29 is 39.8 Å². The van der Waals surface area contributed by atoms with Crippen LogP contribution in [0, 0.1) is 0 Å². The molecule has 0 saturated carbocycles. The standard InChI is InChI=1S/C34H65NO8/c1-3-5-7-9-11-13-14-16-17-19-21-23-28(37)27(26-42-34-33(41)32(40)31(39)29(25-36)43-34)35-30(38)24-22-20-18-15-12-10-8-6-4-2/h21,23,27-29,31-34,36-37,39-41H,3-20,22,24-26H2,1-2H3,(H,35,38)/b23-21+/t27-,28+,29+,31+,32?,33?,34+/m0/s1. The molecule has 6 N–H and O–H groups in total. The number of ether oxygens (including phenoxy) is 2. The van der Waals surface area contributed by atoms with E-state index in [4.69, 9.17) is 9.47 Å². The predicted octanol–water partition coefficient (Wildman–Crippen LogP) is 5.05. The summed E-state index contributed by atoms with van der Waals surface area (Å²) in [7, 11) is 0. The molecule has 7 atom stereocenters. The number of allylic oxidation sites excluding steroid dienone is 1. The Hall–Kier alpha value is -1.07. The van der Waals surface area contributed by atoms with E-state index in [1.165, 1.54) is 83.5 Å². The first-order valence-electron chi connectivity index (χ1n) is 17.4. The van der Waals surface area contributed by atoms with Crippen molar-refractivity contribution in [2.45, 2.75) is 185 Å². The van der Waals surface area contributed by atoms with Crippen LogP contribution in [0.15, 0.2) is 12.2 Å². The molecule has 43 heavy (non-hydrogen) atoms. The average Bonchev–Trinajstić information content (AvgIpc) is 3.00. The molecule has 1 aliphatic heterocycles. The van der Waals surface area contributed by atoms with Gasteiger partial charge in [0.1, 0.15) is 24.4 Å². The minimum Gasteiger partial charge on any atom is -0.394 e. The van der Waals surface area contributed by atoms with Gasteiger partial charge in [0.2, 0.25) is 5.91 Å². The second kappa shape index (κ2) is 26.2. The molecule has 0 aromatic rings. The molecule has 0 spiro atoms. The van der Waals surface area contributed by atoms with Gasteiger partial charge in [0.25, 0.3) is 0 Å². The second-order valence-electron chi connectivity index (χ2n) is 12.3. The molecule has 254 valence electrons. The van der Waals surface area contributed by atoms with Gasteiger partial charge in [0.05, 0.1) is 25.4 Å². The molecule has 1 rings (SSSR count). The van der Waals surface area contributed by atoms with Crippen LogP contribution in [0.5, 0.6) is 0 Å². The number of aliphatic hydroxyl groups excluding tert-OH is 5. The number of nitrogens with one attached hydrogen (secondary N) is 1. The number of rotatable bonds is 27. The SMILES string of the molecule is CCCCCCCCCCC/C=C/[C@@H](O)[C@H](CO[C@@H]1O[C@H](CO)[C@@H](O)C(O)C1O)NC(=O)CCCCCCCCCCC. The van der Waals surface area contributed by atoms with Crippen LogP contribution in [0.3, 0.4) is 0 Å². The van der Waals surface area contributed by atoms with Gasteiger partial charge in [-0.3, -0.25) is 4.79 Å². The lowest BCUT2D eigenvalue weighted by molar-refractivity contribution is -0.302. The summed E-state index contributed by atoms with van der Waals surface area (Å²) in [6.45, 7) is 3.70. The molecule has 0 aromatic carbocycles. The second-order valence-corrected chi connectivity index (χ2v) is 12.3. The van der Waals surface area contributed by atoms with Crippen molar-refractivity contribution in [3.05, 3.63) is 12.2 Å². The Morgan fingerprint density at radius 1 is 0.767 bits per heavy atom. The smallest absolute Gasteiger partial charge is 0.220 e. The first-order valence-corrected chi connectivity index (χ1v) is 17.4. The van der Waals surface area contributed by atoms with Gasteiger partial charge in [0, 0.05) is 6.42 Å². The van der Waals surface area contributed by atoms with Crippen molar-refractivity contribution in [1.82, 2.24) is 5.32 Å². The van der Waals surface area contributed by atoms with Gasteiger partial charge in [-0.1, -0.05) is 129 Å². The average molecular weight is 616 g/mol. The molecule has 0 radical (unpaired) electrons. The first-order chi connectivity index (χ1) is 20.8. The van der Waals surface area contributed by atoms with Crippen LogP contribution < -0.4 is 5.32 Å². The lowest BCUT2D eigenvalue weighted by Crippen LogP contribution is -2.60. The van der Waals surface area contributed by atoms with Gasteiger partial charge < -0.3 is 40.3 Å². The fourth-order valence-electron chi connectivity index (χ4n) is 5.45. The zero-order valence-corrected chi connectivity index (χ0v) is 27.2. The van der Waals surface area contributed by atoms with Crippen molar-refractivity contribution in [2.75, 3.05) is 13.2 Å². The highest BCUT2D eigenvalue weighted by Gasteiger charge is 2.44. The Labute approximate surface area is 261 Å². The molecule has 0 aliphatic carbocycles. The molecule has 1 amide bonds. The van der Waals surface area contributed by atoms with Crippen molar-refractivity contribution in [3.8, 4) is 0 Å². The van der Waals surface area contributed by atoms with Crippen molar-refractivity contribution >= 4 is 5.91 Å². The van der Waals surface area contributed by atoms with E-state index < -0.39 is 49.5 Å². The van der Waals surface area contributed by atoms with Gasteiger partial charge in [-0.15, -0.1) is 0 Å². The third-order valence-corrected chi connectivity index (χ3v) is 8.36. The van der Waals surface area contributed by atoms with Gasteiger partial charge in [-0.2, -0.15) is 0 Å². The summed E-state index contributed by atoms with van der Waals surface area (Å²) in [4.78, 5) is 12.7. The summed E-state index contributed by atoms with van der Waals surface area (Å²) in [5.74, 6) is -0.184. The molecule has 1 heterocycles. The van der Waals surface area contributed by atoms with E-state index in [0.29, 0.717) is 6.42 Å². The largest absolute Gasteiger partial charge is 0.394 e. The van der Waals surface area contributed by atoms with E-state index >= 15 is 0 Å². The molecule has 1 saturated heterocycles. The number of aliphatic hydroxyl groups is 5. The van der Waals surface area contributed by atoms with E-state index in [2.05, 4.69) is 19.2 Å². The summed E-state index contributed by atoms with van der Waals surface area (Å²) in [5.41, 5.74) is 0. The third kappa shape index (κ3) is 18.5. The molecule has 1 fully saturated rings. The minimum absolute atomic E-state index is 0.184. The summed E-state index contributed by atoms with van der Waals surface area (Å²) >= 11 is 0. The van der Waals surface area contributed by atoms with E-state index in [0.717, 1.165) is 38.5 Å². The first kappa shape index (κ1) is 40.0. The van der Waals surface area contributed by atoms with Crippen LogP contribution in [0.2, 0.25) is 0 Å².